The molecule has 148 valence electrons. The van der Waals surface area contributed by atoms with E-state index in [4.69, 9.17) is 4.99 Å². The average molecular weight is 524 g/mol. The summed E-state index contributed by atoms with van der Waals surface area (Å²) in [7, 11) is 2.18. The molecular weight excluding hydrogens is 500 g/mol. The maximum Gasteiger partial charge on any atom is 0.209 e. The van der Waals surface area contributed by atoms with E-state index in [1.54, 1.807) is 11.3 Å². The highest BCUT2D eigenvalue weighted by Gasteiger charge is 2.19. The summed E-state index contributed by atoms with van der Waals surface area (Å²) in [5.41, 5.74) is 4.64. The molecule has 0 spiro atoms. The van der Waals surface area contributed by atoms with Crippen LogP contribution in [0.3, 0.4) is 0 Å². The van der Waals surface area contributed by atoms with Gasteiger partial charge in [-0.05, 0) is 43.8 Å². The fourth-order valence-corrected chi connectivity index (χ4v) is 4.46. The van der Waals surface area contributed by atoms with Crippen molar-refractivity contribution in [3.05, 3.63) is 68.7 Å². The number of halogens is 2. The lowest BCUT2D eigenvalue weighted by Gasteiger charge is -2.35. The van der Waals surface area contributed by atoms with E-state index in [-0.39, 0.29) is 17.0 Å². The molecule has 0 aliphatic carbocycles. The van der Waals surface area contributed by atoms with Crippen molar-refractivity contribution in [3.63, 3.8) is 0 Å². The highest BCUT2D eigenvalue weighted by atomic mass is 79.9. The number of likely N-dealkylation sites (N-methyl/N-ethyl adjacent to an activating group) is 1. The van der Waals surface area contributed by atoms with Crippen molar-refractivity contribution in [3.8, 4) is 11.3 Å². The summed E-state index contributed by atoms with van der Waals surface area (Å²) in [4.78, 5) is 8.37. The lowest BCUT2D eigenvalue weighted by atomic mass is 10.2. The second kappa shape index (κ2) is 9.39. The number of piperazine rings is 1. The van der Waals surface area contributed by atoms with E-state index in [2.05, 4.69) is 98.4 Å². The normalized spacial score (nSPS) is 15.5. The molecule has 0 N–H and O–H groups in total. The molecule has 0 radical (unpaired) electrons. The first-order chi connectivity index (χ1) is 13.1. The third-order valence-electron chi connectivity index (χ3n) is 4.81. The summed E-state index contributed by atoms with van der Waals surface area (Å²) < 4.78 is 3.40. The molecule has 28 heavy (non-hydrogen) atoms. The van der Waals surface area contributed by atoms with Crippen LogP contribution in [0.2, 0.25) is 0 Å². The number of aromatic nitrogens is 1. The van der Waals surface area contributed by atoms with Crippen LogP contribution in [0.1, 0.15) is 5.56 Å². The number of rotatable bonds is 3. The molecule has 4 rings (SSSR count). The predicted molar refractivity (Wildman–Crippen MR) is 128 cm³/mol. The van der Waals surface area contributed by atoms with Crippen LogP contribution in [-0.4, -0.2) is 42.8 Å². The molecule has 0 amide bonds. The zero-order valence-corrected chi connectivity index (χ0v) is 20.1. The smallest absolute Gasteiger partial charge is 0.209 e. The van der Waals surface area contributed by atoms with Gasteiger partial charge < -0.3 is 9.91 Å². The standard InChI is InChI=1S/C21H23BrN4S.BrH/c1-16-4-3-5-19(14-16)23-21-26(25-12-10-24(2)11-13-25)20(15-27-21)17-6-8-18(22)9-7-17;/h3-9,14-15H,10-13H2,1-2H3;1H. The molecule has 0 atom stereocenters. The Bertz CT molecular complexity index is 986. The monoisotopic (exact) mass is 522 g/mol. The van der Waals surface area contributed by atoms with Gasteiger partial charge in [-0.15, -0.1) is 28.3 Å². The van der Waals surface area contributed by atoms with Crippen LogP contribution in [0.4, 0.5) is 5.69 Å². The Kier molecular flexibility index (Phi) is 7.15. The van der Waals surface area contributed by atoms with E-state index >= 15 is 0 Å². The molecule has 2 aromatic carbocycles. The Morgan fingerprint density at radius 2 is 1.71 bits per heavy atom. The molecule has 1 aromatic heterocycles. The Hall–Kier alpha value is -1.41. The van der Waals surface area contributed by atoms with Gasteiger partial charge in [0.25, 0.3) is 0 Å². The molecule has 1 aliphatic rings. The van der Waals surface area contributed by atoms with E-state index in [1.807, 2.05) is 0 Å². The third kappa shape index (κ3) is 4.76. The molecule has 7 heteroatoms. The summed E-state index contributed by atoms with van der Waals surface area (Å²) in [5, 5.41) is 4.64. The molecule has 4 nitrogen and oxygen atoms in total. The third-order valence-corrected chi connectivity index (χ3v) is 6.16. The van der Waals surface area contributed by atoms with E-state index in [0.717, 1.165) is 41.1 Å². The summed E-state index contributed by atoms with van der Waals surface area (Å²) in [6, 6.07) is 16.9. The highest BCUT2D eigenvalue weighted by molar-refractivity contribution is 9.10. The van der Waals surface area contributed by atoms with Gasteiger partial charge in [0.1, 0.15) is 0 Å². The molecule has 1 aliphatic heterocycles. The zero-order chi connectivity index (χ0) is 18.8. The van der Waals surface area contributed by atoms with Crippen molar-refractivity contribution in [2.75, 3.05) is 38.2 Å². The van der Waals surface area contributed by atoms with Crippen LogP contribution >= 0.6 is 44.2 Å². The number of aryl methyl sites for hydroxylation is 1. The maximum absolute atomic E-state index is 4.98. The van der Waals surface area contributed by atoms with Gasteiger partial charge in [0.15, 0.2) is 0 Å². The first kappa shape index (κ1) is 21.3. The Labute approximate surface area is 189 Å². The van der Waals surface area contributed by atoms with Gasteiger partial charge >= 0.3 is 0 Å². The molecule has 1 saturated heterocycles. The van der Waals surface area contributed by atoms with Gasteiger partial charge in [0.2, 0.25) is 4.80 Å². The van der Waals surface area contributed by atoms with Gasteiger partial charge in [-0.1, -0.05) is 40.2 Å². The van der Waals surface area contributed by atoms with Crippen molar-refractivity contribution in [2.45, 2.75) is 6.92 Å². The molecule has 1 fully saturated rings. The van der Waals surface area contributed by atoms with Crippen molar-refractivity contribution in [1.82, 2.24) is 9.58 Å². The summed E-state index contributed by atoms with van der Waals surface area (Å²) in [5.74, 6) is 0. The lowest BCUT2D eigenvalue weighted by Crippen LogP contribution is -2.52. The minimum absolute atomic E-state index is 0. The quantitative estimate of drug-likeness (QED) is 0.483. The number of thiazole rings is 1. The summed E-state index contributed by atoms with van der Waals surface area (Å²) in [6.45, 7) is 6.23. The minimum atomic E-state index is 0. The fraction of sp³-hybridized carbons (Fsp3) is 0.286. The van der Waals surface area contributed by atoms with Crippen molar-refractivity contribution in [1.29, 1.82) is 0 Å². The van der Waals surface area contributed by atoms with Crippen LogP contribution in [0, 0.1) is 6.92 Å². The van der Waals surface area contributed by atoms with E-state index in [0.29, 0.717) is 0 Å². The number of benzene rings is 2. The molecule has 2 heterocycles. The largest absolute Gasteiger partial charge is 0.308 e. The Balaban J connectivity index is 0.00000225. The van der Waals surface area contributed by atoms with E-state index in [9.17, 15) is 0 Å². The first-order valence-electron chi connectivity index (χ1n) is 9.12. The maximum atomic E-state index is 4.98. The second-order valence-corrected chi connectivity index (χ2v) is 8.68. The average Bonchev–Trinajstić information content (AvgIpc) is 3.06. The number of hydrogen-bond acceptors (Lipinski definition) is 4. The minimum Gasteiger partial charge on any atom is -0.308 e. The molecule has 0 bridgehead atoms. The lowest BCUT2D eigenvalue weighted by molar-refractivity contribution is 0.287. The van der Waals surface area contributed by atoms with Crippen molar-refractivity contribution >= 4 is 49.9 Å². The summed E-state index contributed by atoms with van der Waals surface area (Å²) in [6.07, 6.45) is 0. The van der Waals surface area contributed by atoms with Crippen LogP contribution in [0.25, 0.3) is 11.3 Å². The topological polar surface area (TPSA) is 23.8 Å². The Morgan fingerprint density at radius 1 is 1.00 bits per heavy atom. The van der Waals surface area contributed by atoms with Crippen LogP contribution in [0.5, 0.6) is 0 Å². The Morgan fingerprint density at radius 3 is 2.39 bits per heavy atom. The second-order valence-electron chi connectivity index (χ2n) is 6.93. The highest BCUT2D eigenvalue weighted by Crippen LogP contribution is 2.24. The fourth-order valence-electron chi connectivity index (χ4n) is 3.27. The number of hydrogen-bond donors (Lipinski definition) is 0. The van der Waals surface area contributed by atoms with Gasteiger partial charge in [-0.25, -0.2) is 9.67 Å². The molecule has 3 aromatic rings. The van der Waals surface area contributed by atoms with E-state index < -0.39 is 0 Å². The van der Waals surface area contributed by atoms with E-state index in [1.165, 1.54) is 16.8 Å². The van der Waals surface area contributed by atoms with Crippen LogP contribution in [0.15, 0.2) is 63.4 Å². The van der Waals surface area contributed by atoms with Gasteiger partial charge in [-0.3, -0.25) is 0 Å². The van der Waals surface area contributed by atoms with Crippen LogP contribution in [-0.2, 0) is 0 Å². The van der Waals surface area contributed by atoms with Crippen molar-refractivity contribution in [2.24, 2.45) is 4.99 Å². The zero-order valence-electron chi connectivity index (χ0n) is 16.0. The van der Waals surface area contributed by atoms with Crippen molar-refractivity contribution < 1.29 is 0 Å². The number of nitrogens with zero attached hydrogens (tertiary/aromatic N) is 4. The first-order valence-corrected chi connectivity index (χ1v) is 10.8. The molecular formula is C21H24Br2N4S. The van der Waals surface area contributed by atoms with Gasteiger partial charge in [0, 0.05) is 41.6 Å². The SMILES string of the molecule is Br.Cc1cccc(N=c2scc(-c3ccc(Br)cc3)n2N2CCN(C)CC2)c1. The molecule has 0 saturated carbocycles. The summed E-state index contributed by atoms with van der Waals surface area (Å²) >= 11 is 5.24. The van der Waals surface area contributed by atoms with Gasteiger partial charge in [0.05, 0.1) is 11.4 Å². The van der Waals surface area contributed by atoms with Crippen LogP contribution < -0.4 is 9.81 Å². The molecule has 0 unspecified atom stereocenters. The predicted octanol–water partition coefficient (Wildman–Crippen LogP) is 4.98. The van der Waals surface area contributed by atoms with Gasteiger partial charge in [-0.2, -0.15) is 0 Å².